The molecule has 3 amide bonds. The number of anilines is 1. The molecule has 0 atom stereocenters. The molecule has 25 heavy (non-hydrogen) atoms. The van der Waals surface area contributed by atoms with Crippen molar-refractivity contribution in [1.82, 2.24) is 5.32 Å². The first kappa shape index (κ1) is 20.4. The van der Waals surface area contributed by atoms with Gasteiger partial charge in [-0.15, -0.1) is 0 Å². The van der Waals surface area contributed by atoms with Crippen molar-refractivity contribution in [2.24, 2.45) is 10.3 Å². The van der Waals surface area contributed by atoms with Gasteiger partial charge in [0.2, 0.25) is 15.9 Å². The molecule has 0 aliphatic carbocycles. The second-order valence-corrected chi connectivity index (χ2v) is 6.76. The number of nitrogens with one attached hydrogen (secondary N) is 2. The van der Waals surface area contributed by atoms with Gasteiger partial charge in [-0.05, 0) is 47.8 Å². The summed E-state index contributed by atoms with van der Waals surface area (Å²) in [6.45, 7) is 0.464. The van der Waals surface area contributed by atoms with Crippen molar-refractivity contribution in [3.8, 4) is 0 Å². The largest absolute Gasteiger partial charge is 0.338 e. The smallest absolute Gasteiger partial charge is 0.319 e. The second kappa shape index (κ2) is 10.3. The van der Waals surface area contributed by atoms with Gasteiger partial charge in [0.25, 0.3) is 0 Å². The summed E-state index contributed by atoms with van der Waals surface area (Å²) in [5, 5.41) is 13.2. The number of primary sulfonamides is 1. The molecule has 1 rings (SSSR count). The zero-order chi connectivity index (χ0) is 18.7. The molecule has 0 radical (unpaired) electrons. The number of nitrogens with two attached hydrogens (primary N) is 1. The Morgan fingerprint density at radius 2 is 1.76 bits per heavy atom. The molecular formula is C14H20N6O4S. The Hall–Kier alpha value is -2.62. The van der Waals surface area contributed by atoms with Crippen molar-refractivity contribution in [3.63, 3.8) is 0 Å². The Labute approximate surface area is 145 Å². The van der Waals surface area contributed by atoms with Crippen molar-refractivity contribution < 1.29 is 18.0 Å². The standard InChI is InChI=1S/C14H20N6O4S/c15-20-19-13(21)5-3-1-2-4-10-17-14(22)18-11-6-8-12(9-7-11)25(16,23)24/h6-9H,1-5,10H2,(H2,16,23,24)(H2,17,18,22). The minimum Gasteiger partial charge on any atom is -0.338 e. The van der Waals surface area contributed by atoms with Crippen LogP contribution in [0.3, 0.4) is 0 Å². The fourth-order valence-corrected chi connectivity index (χ4v) is 2.48. The molecule has 0 bridgehead atoms. The predicted molar refractivity (Wildman–Crippen MR) is 92.1 cm³/mol. The molecule has 0 saturated carbocycles. The fraction of sp³-hybridized carbons (Fsp3) is 0.429. The molecule has 0 heterocycles. The average Bonchev–Trinajstić information content (AvgIpc) is 2.54. The van der Waals surface area contributed by atoms with Gasteiger partial charge in [-0.2, -0.15) is 0 Å². The molecule has 0 spiro atoms. The number of amides is 3. The van der Waals surface area contributed by atoms with Gasteiger partial charge in [0, 0.05) is 23.6 Å². The lowest BCUT2D eigenvalue weighted by Gasteiger charge is -2.08. The normalized spacial score (nSPS) is 10.6. The second-order valence-electron chi connectivity index (χ2n) is 5.20. The predicted octanol–water partition coefficient (Wildman–Crippen LogP) is 2.24. The number of unbranched alkanes of at least 4 members (excludes halogenated alkanes) is 3. The first-order valence-corrected chi connectivity index (χ1v) is 9.13. The number of azide groups is 1. The van der Waals surface area contributed by atoms with Crippen molar-refractivity contribution in [2.45, 2.75) is 37.0 Å². The van der Waals surface area contributed by atoms with Gasteiger partial charge in [-0.1, -0.05) is 12.8 Å². The number of nitrogens with zero attached hydrogens (tertiary/aromatic N) is 3. The maximum Gasteiger partial charge on any atom is 0.319 e. The molecular weight excluding hydrogens is 348 g/mol. The maximum atomic E-state index is 11.7. The quantitative estimate of drug-likeness (QED) is 0.263. The molecule has 0 saturated heterocycles. The molecule has 0 aliphatic heterocycles. The molecule has 0 fully saturated rings. The summed E-state index contributed by atoms with van der Waals surface area (Å²) in [5.74, 6) is -0.464. The molecule has 11 heteroatoms. The van der Waals surface area contributed by atoms with E-state index in [0.29, 0.717) is 18.7 Å². The minimum atomic E-state index is -3.76. The highest BCUT2D eigenvalue weighted by Crippen LogP contribution is 2.12. The lowest BCUT2D eigenvalue weighted by molar-refractivity contribution is -0.118. The zero-order valence-electron chi connectivity index (χ0n) is 13.5. The summed E-state index contributed by atoms with van der Waals surface area (Å²) in [6.07, 6.45) is 3.23. The van der Waals surface area contributed by atoms with Crippen LogP contribution >= 0.6 is 0 Å². The SMILES string of the molecule is [N-]=[N+]=NC(=O)CCCCCCNC(=O)Nc1ccc(S(N)(=O)=O)cc1. The van der Waals surface area contributed by atoms with E-state index in [9.17, 15) is 18.0 Å². The number of rotatable bonds is 9. The number of urea groups is 1. The van der Waals surface area contributed by atoms with E-state index in [2.05, 4.69) is 20.7 Å². The van der Waals surface area contributed by atoms with E-state index in [1.807, 2.05) is 0 Å². The Kier molecular flexibility index (Phi) is 8.40. The number of carbonyl (C=O) groups excluding carboxylic acids is 2. The zero-order valence-corrected chi connectivity index (χ0v) is 14.3. The van der Waals surface area contributed by atoms with Crippen LogP contribution in [0.1, 0.15) is 32.1 Å². The van der Waals surface area contributed by atoms with Gasteiger partial charge >= 0.3 is 6.03 Å². The van der Waals surface area contributed by atoms with Crippen LogP contribution in [0.15, 0.2) is 34.3 Å². The van der Waals surface area contributed by atoms with Crippen molar-refractivity contribution >= 4 is 27.6 Å². The van der Waals surface area contributed by atoms with E-state index < -0.39 is 22.0 Å². The maximum absolute atomic E-state index is 11.7. The Balaban J connectivity index is 2.19. The van der Waals surface area contributed by atoms with E-state index >= 15 is 0 Å². The number of benzene rings is 1. The molecule has 1 aromatic carbocycles. The van der Waals surface area contributed by atoms with E-state index in [4.69, 9.17) is 10.7 Å². The first-order chi connectivity index (χ1) is 11.8. The van der Waals surface area contributed by atoms with Crippen LogP contribution in [0.5, 0.6) is 0 Å². The van der Waals surface area contributed by atoms with Gasteiger partial charge < -0.3 is 10.6 Å². The van der Waals surface area contributed by atoms with Gasteiger partial charge in [-0.25, -0.2) is 18.4 Å². The number of hydrogen-bond acceptors (Lipinski definition) is 4. The molecule has 0 unspecified atom stereocenters. The Morgan fingerprint density at radius 1 is 1.12 bits per heavy atom. The van der Waals surface area contributed by atoms with Gasteiger partial charge in [-0.3, -0.25) is 4.79 Å². The highest BCUT2D eigenvalue weighted by atomic mass is 32.2. The highest BCUT2D eigenvalue weighted by molar-refractivity contribution is 7.89. The molecule has 0 aliphatic rings. The summed E-state index contributed by atoms with van der Waals surface area (Å²) < 4.78 is 22.2. The van der Waals surface area contributed by atoms with Crippen LogP contribution in [-0.2, 0) is 14.8 Å². The third kappa shape index (κ3) is 8.70. The molecule has 4 N–H and O–H groups in total. The fourth-order valence-electron chi connectivity index (χ4n) is 1.96. The molecule has 10 nitrogen and oxygen atoms in total. The monoisotopic (exact) mass is 368 g/mol. The van der Waals surface area contributed by atoms with Crippen LogP contribution in [0.4, 0.5) is 10.5 Å². The van der Waals surface area contributed by atoms with E-state index in [-0.39, 0.29) is 11.3 Å². The summed E-state index contributed by atoms with van der Waals surface area (Å²) in [4.78, 5) is 25.0. The topological polar surface area (TPSA) is 167 Å². The number of carbonyl (C=O) groups is 2. The summed E-state index contributed by atoms with van der Waals surface area (Å²) in [7, 11) is -3.76. The Morgan fingerprint density at radius 3 is 2.36 bits per heavy atom. The molecule has 136 valence electrons. The van der Waals surface area contributed by atoms with Crippen LogP contribution in [0.2, 0.25) is 0 Å². The van der Waals surface area contributed by atoms with Gasteiger partial charge in [0.1, 0.15) is 0 Å². The van der Waals surface area contributed by atoms with Crippen LogP contribution in [-0.4, -0.2) is 26.9 Å². The number of sulfonamides is 1. The van der Waals surface area contributed by atoms with Gasteiger partial charge in [0.15, 0.2) is 0 Å². The third-order valence-electron chi connectivity index (χ3n) is 3.20. The molecule has 1 aromatic rings. The van der Waals surface area contributed by atoms with E-state index in [0.717, 1.165) is 19.3 Å². The lowest BCUT2D eigenvalue weighted by atomic mass is 10.1. The Bertz CT molecular complexity index is 741. The van der Waals surface area contributed by atoms with E-state index in [1.165, 1.54) is 24.3 Å². The van der Waals surface area contributed by atoms with E-state index in [1.54, 1.807) is 0 Å². The summed E-state index contributed by atoms with van der Waals surface area (Å²) >= 11 is 0. The van der Waals surface area contributed by atoms with Crippen molar-refractivity contribution in [3.05, 3.63) is 34.7 Å². The number of hydrogen-bond donors (Lipinski definition) is 3. The molecule has 0 aromatic heterocycles. The van der Waals surface area contributed by atoms with Crippen LogP contribution in [0, 0.1) is 0 Å². The van der Waals surface area contributed by atoms with Crippen molar-refractivity contribution in [2.75, 3.05) is 11.9 Å². The highest BCUT2D eigenvalue weighted by Gasteiger charge is 2.07. The van der Waals surface area contributed by atoms with Crippen LogP contribution in [0.25, 0.3) is 10.4 Å². The van der Waals surface area contributed by atoms with Gasteiger partial charge in [0.05, 0.1) is 4.90 Å². The van der Waals surface area contributed by atoms with Crippen molar-refractivity contribution in [1.29, 1.82) is 0 Å². The van der Waals surface area contributed by atoms with Crippen LogP contribution < -0.4 is 15.8 Å². The minimum absolute atomic E-state index is 0.0302. The lowest BCUT2D eigenvalue weighted by Crippen LogP contribution is -2.29. The first-order valence-electron chi connectivity index (χ1n) is 7.58. The third-order valence-corrected chi connectivity index (χ3v) is 4.13. The summed E-state index contributed by atoms with van der Waals surface area (Å²) in [6, 6.07) is 5.10. The average molecular weight is 368 g/mol. The summed E-state index contributed by atoms with van der Waals surface area (Å²) in [5.41, 5.74) is 8.52.